The number of ether oxygens (including phenoxy) is 1. The molecule has 0 fully saturated rings. The predicted octanol–water partition coefficient (Wildman–Crippen LogP) is 5.57. The summed E-state index contributed by atoms with van der Waals surface area (Å²) in [7, 11) is 0. The predicted molar refractivity (Wildman–Crippen MR) is 163 cm³/mol. The number of nitrogens with zero attached hydrogens (tertiary/aromatic N) is 1. The van der Waals surface area contributed by atoms with Crippen LogP contribution in [0, 0.1) is 31.7 Å². The maximum absolute atomic E-state index is 14.2. The van der Waals surface area contributed by atoms with E-state index in [2.05, 4.69) is 22.6 Å². The zero-order valence-electron chi connectivity index (χ0n) is 23.8. The summed E-state index contributed by atoms with van der Waals surface area (Å²) >= 11 is 6.37. The van der Waals surface area contributed by atoms with Crippen molar-refractivity contribution in [1.29, 1.82) is 0 Å². The molecule has 0 aliphatic heterocycles. The molecule has 0 aliphatic carbocycles. The maximum Gasteiger partial charge on any atom is 0.408 e. The normalized spacial score (nSPS) is 12.2. The fraction of sp³-hybridized carbons (Fsp3) is 0.242. The second-order valence-electron chi connectivity index (χ2n) is 10.5. The van der Waals surface area contributed by atoms with Gasteiger partial charge in [0.05, 0.1) is 10.7 Å². The number of carbonyl (C=O) groups excluding carboxylic acids is 3. The first kappa shape index (κ1) is 31.6. The number of carbonyl (C=O) groups is 3. The lowest BCUT2D eigenvalue weighted by atomic mass is 9.97. The van der Waals surface area contributed by atoms with Gasteiger partial charge < -0.3 is 20.5 Å². The molecule has 8 nitrogen and oxygen atoms in total. The van der Waals surface area contributed by atoms with Crippen LogP contribution in [-0.2, 0) is 20.7 Å². The molecule has 3 amide bonds. The van der Waals surface area contributed by atoms with Crippen LogP contribution in [0.2, 0.25) is 5.02 Å². The van der Waals surface area contributed by atoms with Crippen molar-refractivity contribution in [3.05, 3.63) is 94.0 Å². The van der Waals surface area contributed by atoms with Gasteiger partial charge in [-0.3, -0.25) is 14.5 Å². The van der Waals surface area contributed by atoms with Gasteiger partial charge in [-0.1, -0.05) is 66.4 Å². The van der Waals surface area contributed by atoms with E-state index in [1.807, 2.05) is 0 Å². The average molecular weight is 586 g/mol. The van der Waals surface area contributed by atoms with Crippen molar-refractivity contribution in [1.82, 2.24) is 10.2 Å². The topological polar surface area (TPSA) is 108 Å². The van der Waals surface area contributed by atoms with E-state index in [-0.39, 0.29) is 12.2 Å². The van der Waals surface area contributed by atoms with Gasteiger partial charge in [0.15, 0.2) is 6.04 Å². The van der Waals surface area contributed by atoms with Crippen molar-refractivity contribution < 1.29 is 24.2 Å². The summed E-state index contributed by atoms with van der Waals surface area (Å²) in [5.41, 5.74) is 1.45. The number of rotatable bonds is 8. The third-order valence-electron chi connectivity index (χ3n) is 6.13. The SMILES string of the molecule is C#Cc1ccccc1C(C(=O)Nc1c(C)cccc1Cl)N(C#C)C(=O)C(Cc1ccc(O)cc1)NC(=O)OC(C)(C)C. The molecule has 0 heterocycles. The van der Waals surface area contributed by atoms with Crippen molar-refractivity contribution >= 4 is 35.2 Å². The number of anilines is 1. The van der Waals surface area contributed by atoms with Crippen molar-refractivity contribution in [3.8, 4) is 30.6 Å². The van der Waals surface area contributed by atoms with Gasteiger partial charge in [-0.2, -0.15) is 0 Å². The lowest BCUT2D eigenvalue weighted by molar-refractivity contribution is -0.136. The molecule has 0 bridgehead atoms. The summed E-state index contributed by atoms with van der Waals surface area (Å²) in [4.78, 5) is 41.8. The number of amides is 3. The molecule has 0 saturated carbocycles. The minimum atomic E-state index is -1.40. The molecule has 3 aromatic rings. The van der Waals surface area contributed by atoms with Gasteiger partial charge in [-0.05, 0) is 63.1 Å². The van der Waals surface area contributed by atoms with Crippen molar-refractivity contribution in [2.45, 2.75) is 51.8 Å². The number of alkyl carbamates (subject to hydrolysis) is 1. The van der Waals surface area contributed by atoms with Gasteiger partial charge in [-0.15, -0.1) is 6.42 Å². The van der Waals surface area contributed by atoms with Gasteiger partial charge in [-0.25, -0.2) is 4.79 Å². The molecule has 2 unspecified atom stereocenters. The zero-order chi connectivity index (χ0) is 31.0. The van der Waals surface area contributed by atoms with Crippen LogP contribution in [0.5, 0.6) is 5.75 Å². The third-order valence-corrected chi connectivity index (χ3v) is 6.44. The maximum atomic E-state index is 14.2. The Morgan fingerprint density at radius 2 is 1.69 bits per heavy atom. The zero-order valence-corrected chi connectivity index (χ0v) is 24.5. The molecule has 3 aromatic carbocycles. The summed E-state index contributed by atoms with van der Waals surface area (Å²) in [6, 6.07) is 17.5. The Kier molecular flexibility index (Phi) is 10.3. The van der Waals surface area contributed by atoms with Gasteiger partial charge in [0, 0.05) is 23.6 Å². The summed E-state index contributed by atoms with van der Waals surface area (Å²) in [5, 5.41) is 15.4. The van der Waals surface area contributed by atoms with Crippen LogP contribution in [0.1, 0.15) is 49.1 Å². The van der Waals surface area contributed by atoms with Crippen molar-refractivity contribution in [3.63, 3.8) is 0 Å². The highest BCUT2D eigenvalue weighted by molar-refractivity contribution is 6.34. The fourth-order valence-corrected chi connectivity index (χ4v) is 4.47. The van der Waals surface area contributed by atoms with Crippen LogP contribution >= 0.6 is 11.6 Å². The van der Waals surface area contributed by atoms with E-state index in [1.165, 1.54) is 12.1 Å². The van der Waals surface area contributed by atoms with E-state index in [0.717, 1.165) is 4.90 Å². The second kappa shape index (κ2) is 13.6. The number of benzene rings is 3. The number of terminal acetylenes is 2. The molecule has 9 heteroatoms. The number of halogens is 1. The molecule has 3 N–H and O–H groups in total. The van der Waals surface area contributed by atoms with Crippen molar-refractivity contribution in [2.75, 3.05) is 5.32 Å². The van der Waals surface area contributed by atoms with Gasteiger partial charge in [0.25, 0.3) is 11.8 Å². The quantitative estimate of drug-likeness (QED) is 0.237. The lowest BCUT2D eigenvalue weighted by Crippen LogP contribution is -2.52. The van der Waals surface area contributed by atoms with Crippen LogP contribution < -0.4 is 10.6 Å². The van der Waals surface area contributed by atoms with Crippen LogP contribution in [0.15, 0.2) is 66.7 Å². The Morgan fingerprint density at radius 1 is 1.02 bits per heavy atom. The van der Waals surface area contributed by atoms with E-state index in [0.29, 0.717) is 33.0 Å². The number of nitrogens with one attached hydrogen (secondary N) is 2. The highest BCUT2D eigenvalue weighted by Gasteiger charge is 2.37. The molecule has 0 aromatic heterocycles. The minimum absolute atomic E-state index is 0.0225. The lowest BCUT2D eigenvalue weighted by Gasteiger charge is -2.31. The summed E-state index contributed by atoms with van der Waals surface area (Å²) in [6.45, 7) is 6.83. The second-order valence-corrected chi connectivity index (χ2v) is 10.9. The summed E-state index contributed by atoms with van der Waals surface area (Å²) in [5.74, 6) is 1.14. The number of phenols is 1. The number of hydrogen-bond acceptors (Lipinski definition) is 5. The van der Waals surface area contributed by atoms with Gasteiger partial charge >= 0.3 is 6.09 Å². The van der Waals surface area contributed by atoms with E-state index < -0.39 is 35.6 Å². The Bertz CT molecular complexity index is 1530. The summed E-state index contributed by atoms with van der Waals surface area (Å²) in [6.07, 6.45) is 10.8. The number of hydrogen-bond donors (Lipinski definition) is 3. The Labute approximate surface area is 251 Å². The molecular weight excluding hydrogens is 554 g/mol. The molecule has 0 saturated heterocycles. The smallest absolute Gasteiger partial charge is 0.408 e. The molecule has 3 rings (SSSR count). The average Bonchev–Trinajstić information content (AvgIpc) is 2.93. The molecular formula is C33H32ClN3O5. The first-order valence-electron chi connectivity index (χ1n) is 13.0. The summed E-state index contributed by atoms with van der Waals surface area (Å²) < 4.78 is 5.39. The highest BCUT2D eigenvalue weighted by atomic mass is 35.5. The Morgan fingerprint density at radius 3 is 2.29 bits per heavy atom. The fourth-order valence-electron chi connectivity index (χ4n) is 4.20. The Hall–Kier alpha value is -4.92. The molecule has 0 radical (unpaired) electrons. The van der Waals surface area contributed by atoms with Gasteiger partial charge in [0.1, 0.15) is 17.4 Å². The van der Waals surface area contributed by atoms with Crippen LogP contribution in [0.4, 0.5) is 10.5 Å². The Balaban J connectivity index is 2.09. The standard InChI is InChI=1S/C33H32ClN3O5/c1-7-23-13-9-10-14-25(23)29(30(39)36-28-21(3)12-11-15-26(28)34)37(8-2)31(40)27(35-32(41)42-33(4,5)6)20-22-16-18-24(38)19-17-22/h1-2,9-19,27,29,38H,20H2,3-6H3,(H,35,41)(H,36,39). The first-order valence-corrected chi connectivity index (χ1v) is 13.4. The third kappa shape index (κ3) is 8.06. The van der Waals surface area contributed by atoms with Crippen molar-refractivity contribution in [2.24, 2.45) is 0 Å². The van der Waals surface area contributed by atoms with Crippen LogP contribution in [-0.4, -0.2) is 39.6 Å². The van der Waals surface area contributed by atoms with Crippen LogP contribution in [0.3, 0.4) is 0 Å². The monoisotopic (exact) mass is 585 g/mol. The van der Waals surface area contributed by atoms with Gasteiger partial charge in [0.2, 0.25) is 0 Å². The molecule has 2 atom stereocenters. The number of aromatic hydroxyl groups is 1. The molecule has 42 heavy (non-hydrogen) atoms. The number of para-hydroxylation sites is 1. The molecule has 0 aliphatic rings. The number of aryl methyl sites for hydroxylation is 1. The van der Waals surface area contributed by atoms with Crippen LogP contribution in [0.25, 0.3) is 0 Å². The highest BCUT2D eigenvalue weighted by Crippen LogP contribution is 2.30. The van der Waals surface area contributed by atoms with E-state index in [1.54, 1.807) is 82.3 Å². The molecule has 0 spiro atoms. The van der Waals surface area contributed by atoms with E-state index in [4.69, 9.17) is 29.2 Å². The van der Waals surface area contributed by atoms with E-state index >= 15 is 0 Å². The molecule has 216 valence electrons. The first-order chi connectivity index (χ1) is 19.8. The van der Waals surface area contributed by atoms with E-state index in [9.17, 15) is 19.5 Å². The minimum Gasteiger partial charge on any atom is -0.508 e. The number of phenolic OH excluding ortho intramolecular Hbond substituents is 1. The largest absolute Gasteiger partial charge is 0.508 e.